The Bertz CT molecular complexity index is 818. The summed E-state index contributed by atoms with van der Waals surface area (Å²) >= 11 is 0. The van der Waals surface area contributed by atoms with Crippen molar-refractivity contribution in [1.29, 1.82) is 0 Å². The van der Waals surface area contributed by atoms with Gasteiger partial charge in [0.15, 0.2) is 0 Å². The van der Waals surface area contributed by atoms with Crippen LogP contribution in [0.15, 0.2) is 24.5 Å². The van der Waals surface area contributed by atoms with E-state index in [1.807, 2.05) is 0 Å². The van der Waals surface area contributed by atoms with E-state index in [2.05, 4.69) is 24.9 Å². The van der Waals surface area contributed by atoms with Crippen LogP contribution in [-0.2, 0) is 0 Å². The van der Waals surface area contributed by atoms with Crippen molar-refractivity contribution in [2.45, 2.75) is 71.1 Å². The molecule has 1 aromatic heterocycles. The van der Waals surface area contributed by atoms with Crippen molar-refractivity contribution < 1.29 is 13.2 Å². The van der Waals surface area contributed by atoms with E-state index < -0.39 is 5.92 Å². The first-order chi connectivity index (χ1) is 13.2. The molecule has 0 bridgehead atoms. The third-order valence-corrected chi connectivity index (χ3v) is 9.24. The molecule has 4 heteroatoms. The molecule has 1 nitrogen and oxygen atoms in total. The summed E-state index contributed by atoms with van der Waals surface area (Å²) in [7, 11) is 0. The average Bonchev–Trinajstić information content (AvgIpc) is 2.99. The fraction of sp³-hybridized carbons (Fsp3) is 0.708. The molecule has 4 aliphatic carbocycles. The first kappa shape index (κ1) is 18.7. The number of halogens is 3. The smallest absolute Gasteiger partial charge is 0.248 e. The van der Waals surface area contributed by atoms with E-state index >= 15 is 0 Å². The highest BCUT2D eigenvalue weighted by Gasteiger charge is 2.60. The summed E-state index contributed by atoms with van der Waals surface area (Å²) in [5.74, 6) is -0.879. The van der Waals surface area contributed by atoms with Crippen LogP contribution in [0.25, 0.3) is 5.57 Å². The van der Waals surface area contributed by atoms with Crippen molar-refractivity contribution in [3.8, 4) is 0 Å². The highest BCUT2D eigenvalue weighted by atomic mass is 19.3. The summed E-state index contributed by atoms with van der Waals surface area (Å²) in [6.45, 7) is 4.66. The zero-order valence-electron chi connectivity index (χ0n) is 16.9. The maximum Gasteiger partial charge on any atom is 0.248 e. The van der Waals surface area contributed by atoms with Gasteiger partial charge in [-0.05, 0) is 90.2 Å². The van der Waals surface area contributed by atoms with Crippen molar-refractivity contribution >= 4 is 5.57 Å². The summed E-state index contributed by atoms with van der Waals surface area (Å²) < 4.78 is 41.9. The molecule has 0 aliphatic heterocycles. The van der Waals surface area contributed by atoms with Gasteiger partial charge in [0.1, 0.15) is 5.82 Å². The highest BCUT2D eigenvalue weighted by molar-refractivity contribution is 5.72. The number of aromatic nitrogens is 1. The number of fused-ring (bicyclic) bond motifs is 5. The molecule has 0 radical (unpaired) electrons. The maximum absolute atomic E-state index is 14.1. The molecule has 5 rings (SSSR count). The molecule has 6 atom stereocenters. The maximum atomic E-state index is 14.1. The Morgan fingerprint density at radius 3 is 2.61 bits per heavy atom. The van der Waals surface area contributed by atoms with Gasteiger partial charge in [0.05, 0.1) is 6.20 Å². The van der Waals surface area contributed by atoms with E-state index in [1.165, 1.54) is 11.8 Å². The van der Waals surface area contributed by atoms with Gasteiger partial charge in [0, 0.05) is 19.0 Å². The Labute approximate surface area is 165 Å². The lowest BCUT2D eigenvalue weighted by Gasteiger charge is -2.61. The number of hydrogen-bond donors (Lipinski definition) is 0. The standard InChI is InChI=1S/C24H30F3N/c1-22-9-10-24(26,27)12-16(22)3-4-18-20-6-5-19(15-11-17(25)14-28-13-15)23(20,2)8-7-21(18)22/h5,11,13-14,16,18,20-21H,3-4,6-10,12H2,1-2H3/t16?,18?,20-,21-,22-,23+/m0/s1. The highest BCUT2D eigenvalue weighted by Crippen LogP contribution is 2.68. The Morgan fingerprint density at radius 2 is 1.82 bits per heavy atom. The minimum absolute atomic E-state index is 0.0540. The van der Waals surface area contributed by atoms with Gasteiger partial charge >= 0.3 is 0 Å². The van der Waals surface area contributed by atoms with Crippen LogP contribution >= 0.6 is 0 Å². The largest absolute Gasteiger partial charge is 0.261 e. The van der Waals surface area contributed by atoms with Gasteiger partial charge in [-0.1, -0.05) is 19.9 Å². The van der Waals surface area contributed by atoms with Crippen molar-refractivity contribution in [2.75, 3.05) is 0 Å². The predicted octanol–water partition coefficient (Wildman–Crippen LogP) is 6.89. The molecular weight excluding hydrogens is 359 g/mol. The monoisotopic (exact) mass is 389 g/mol. The summed E-state index contributed by atoms with van der Waals surface area (Å²) in [6.07, 6.45) is 11.4. The number of rotatable bonds is 1. The molecule has 1 heterocycles. The van der Waals surface area contributed by atoms with Crippen LogP contribution in [0.5, 0.6) is 0 Å². The number of allylic oxidation sites excluding steroid dienone is 2. The van der Waals surface area contributed by atoms with Crippen LogP contribution in [0, 0.1) is 40.3 Å². The topological polar surface area (TPSA) is 12.9 Å². The molecule has 0 N–H and O–H groups in total. The first-order valence-electron chi connectivity index (χ1n) is 10.9. The van der Waals surface area contributed by atoms with E-state index in [4.69, 9.17) is 0 Å². The molecular formula is C24H30F3N. The summed E-state index contributed by atoms with van der Waals surface area (Å²) in [6, 6.07) is 1.61. The van der Waals surface area contributed by atoms with Gasteiger partial charge in [-0.15, -0.1) is 0 Å². The van der Waals surface area contributed by atoms with Gasteiger partial charge in [0.2, 0.25) is 5.92 Å². The minimum Gasteiger partial charge on any atom is -0.261 e. The molecule has 3 fully saturated rings. The number of alkyl halides is 2. The predicted molar refractivity (Wildman–Crippen MR) is 104 cm³/mol. The minimum atomic E-state index is -2.47. The van der Waals surface area contributed by atoms with Crippen LogP contribution in [0.3, 0.4) is 0 Å². The third kappa shape index (κ3) is 2.62. The second-order valence-electron chi connectivity index (χ2n) is 10.4. The average molecular weight is 390 g/mol. The van der Waals surface area contributed by atoms with E-state index in [1.54, 1.807) is 12.3 Å². The Morgan fingerprint density at radius 1 is 1.00 bits per heavy atom. The van der Waals surface area contributed by atoms with Crippen molar-refractivity contribution in [2.24, 2.45) is 34.5 Å². The second kappa shape index (κ2) is 6.09. The molecule has 4 aliphatic rings. The number of hydrogen-bond acceptors (Lipinski definition) is 1. The van der Waals surface area contributed by atoms with Crippen LogP contribution in [0.2, 0.25) is 0 Å². The molecule has 0 spiro atoms. The fourth-order valence-electron chi connectivity index (χ4n) is 7.75. The summed E-state index contributed by atoms with van der Waals surface area (Å²) in [4.78, 5) is 4.07. The van der Waals surface area contributed by atoms with E-state index in [9.17, 15) is 13.2 Å². The Kier molecular flexibility index (Phi) is 4.07. The van der Waals surface area contributed by atoms with Gasteiger partial charge in [0.25, 0.3) is 0 Å². The van der Waals surface area contributed by atoms with E-state index in [0.717, 1.165) is 37.7 Å². The molecule has 0 saturated heterocycles. The molecule has 2 unspecified atom stereocenters. The second-order valence-corrected chi connectivity index (χ2v) is 10.4. The Balaban J connectivity index is 1.43. The van der Waals surface area contributed by atoms with Crippen LogP contribution < -0.4 is 0 Å². The molecule has 28 heavy (non-hydrogen) atoms. The van der Waals surface area contributed by atoms with Crippen molar-refractivity contribution in [1.82, 2.24) is 4.98 Å². The molecule has 152 valence electrons. The first-order valence-corrected chi connectivity index (χ1v) is 10.9. The zero-order chi connectivity index (χ0) is 19.7. The zero-order valence-corrected chi connectivity index (χ0v) is 16.9. The van der Waals surface area contributed by atoms with Crippen LogP contribution in [0.1, 0.15) is 70.8 Å². The molecule has 1 aromatic rings. The number of nitrogens with zero attached hydrogens (tertiary/aromatic N) is 1. The lowest BCUT2D eigenvalue weighted by atomic mass is 9.44. The van der Waals surface area contributed by atoms with E-state index in [-0.39, 0.29) is 35.4 Å². The van der Waals surface area contributed by atoms with Gasteiger partial charge in [-0.2, -0.15) is 0 Å². The third-order valence-electron chi connectivity index (χ3n) is 9.24. The lowest BCUT2D eigenvalue weighted by Crippen LogP contribution is -2.54. The fourth-order valence-corrected chi connectivity index (χ4v) is 7.75. The quantitative estimate of drug-likeness (QED) is 0.509. The van der Waals surface area contributed by atoms with Gasteiger partial charge in [-0.3, -0.25) is 4.98 Å². The molecule has 0 amide bonds. The molecule has 3 saturated carbocycles. The van der Waals surface area contributed by atoms with Gasteiger partial charge < -0.3 is 0 Å². The molecule has 0 aromatic carbocycles. The Hall–Kier alpha value is -1.32. The van der Waals surface area contributed by atoms with Crippen LogP contribution in [-0.4, -0.2) is 10.9 Å². The van der Waals surface area contributed by atoms with Crippen molar-refractivity contribution in [3.63, 3.8) is 0 Å². The lowest BCUT2D eigenvalue weighted by molar-refractivity contribution is -0.157. The normalized spacial score (nSPS) is 44.2. The summed E-state index contributed by atoms with van der Waals surface area (Å²) in [5.41, 5.74) is 2.29. The number of pyridine rings is 1. The van der Waals surface area contributed by atoms with Crippen molar-refractivity contribution in [3.05, 3.63) is 35.9 Å². The van der Waals surface area contributed by atoms with Crippen LogP contribution in [0.4, 0.5) is 13.2 Å². The summed E-state index contributed by atoms with van der Waals surface area (Å²) in [5, 5.41) is 0. The SMILES string of the molecule is C[C@]12CCC(F)(F)CC1CCC1[C@@H]2CC[C@]2(C)C(c3cncc(F)c3)=CC[C@@H]12. The van der Waals surface area contributed by atoms with Gasteiger partial charge in [-0.25, -0.2) is 13.2 Å². The van der Waals surface area contributed by atoms with E-state index in [0.29, 0.717) is 24.2 Å².